The smallest absolute Gasteiger partial charge is 0.271 e. The van der Waals surface area contributed by atoms with E-state index in [-0.39, 0.29) is 23.6 Å². The first-order chi connectivity index (χ1) is 16.3. The molecule has 1 unspecified atom stereocenters. The van der Waals surface area contributed by atoms with Crippen molar-refractivity contribution in [1.29, 1.82) is 0 Å². The van der Waals surface area contributed by atoms with Crippen molar-refractivity contribution in [2.24, 2.45) is 0 Å². The molecule has 3 heterocycles. The number of nitrogens with one attached hydrogen (secondary N) is 1. The van der Waals surface area contributed by atoms with Gasteiger partial charge in [-0.05, 0) is 36.8 Å². The number of nitro benzene ring substituents is 1. The van der Waals surface area contributed by atoms with Crippen LogP contribution in [0.2, 0.25) is 5.02 Å². The van der Waals surface area contributed by atoms with Crippen molar-refractivity contribution in [2.75, 3.05) is 11.1 Å². The number of nitro groups is 1. The molecular weight excluding hydrogens is 480 g/mol. The van der Waals surface area contributed by atoms with Crippen LogP contribution >= 0.6 is 23.4 Å². The van der Waals surface area contributed by atoms with Crippen molar-refractivity contribution >= 4 is 51.7 Å². The van der Waals surface area contributed by atoms with E-state index in [0.29, 0.717) is 38.2 Å². The molecule has 1 amide bonds. The second kappa shape index (κ2) is 8.58. The normalized spacial score (nSPS) is 14.8. The highest BCUT2D eigenvalue weighted by molar-refractivity contribution is 7.99. The van der Waals surface area contributed by atoms with E-state index in [1.165, 1.54) is 34.7 Å². The predicted octanol–water partition coefficient (Wildman–Crippen LogP) is 4.13. The number of aromatic nitrogens is 4. The lowest BCUT2D eigenvalue weighted by atomic mass is 10.1. The average molecular weight is 497 g/mol. The van der Waals surface area contributed by atoms with Gasteiger partial charge in [-0.2, -0.15) is 5.10 Å². The Morgan fingerprint density at radius 3 is 2.79 bits per heavy atom. The molecule has 172 valence electrons. The SMILES string of the molecule is Cc1ccc([N+](=O)[O-])cc1NC(=O)CC1CSc2nc3c(cnn3-c3ccc(Cl)cc3)c(=O)n21. The van der Waals surface area contributed by atoms with E-state index >= 15 is 0 Å². The molecule has 0 saturated heterocycles. The molecule has 1 aliphatic heterocycles. The molecule has 1 atom stereocenters. The van der Waals surface area contributed by atoms with Crippen LogP contribution in [0.15, 0.2) is 58.6 Å². The third kappa shape index (κ3) is 3.93. The Hall–Kier alpha value is -3.70. The van der Waals surface area contributed by atoms with Gasteiger partial charge in [0.15, 0.2) is 10.8 Å². The van der Waals surface area contributed by atoms with E-state index in [4.69, 9.17) is 11.6 Å². The zero-order chi connectivity index (χ0) is 24.0. The number of hydrogen-bond donors (Lipinski definition) is 1. The third-order valence-electron chi connectivity index (χ3n) is 5.57. The second-order valence-electron chi connectivity index (χ2n) is 7.81. The van der Waals surface area contributed by atoms with E-state index in [1.54, 1.807) is 41.9 Å². The minimum absolute atomic E-state index is 0.0283. The molecule has 1 aliphatic rings. The molecule has 0 fully saturated rings. The molecule has 0 bridgehead atoms. The van der Waals surface area contributed by atoms with Gasteiger partial charge in [-0.3, -0.25) is 24.3 Å². The molecule has 4 aromatic rings. The number of thioether (sulfide) groups is 1. The van der Waals surface area contributed by atoms with Gasteiger partial charge >= 0.3 is 0 Å². The Balaban J connectivity index is 1.42. The minimum Gasteiger partial charge on any atom is -0.326 e. The Morgan fingerprint density at radius 2 is 2.06 bits per heavy atom. The number of benzene rings is 2. The molecular formula is C22H17ClN6O4S. The summed E-state index contributed by atoms with van der Waals surface area (Å²) in [6.07, 6.45) is 1.50. The van der Waals surface area contributed by atoms with Crippen LogP contribution in [0.25, 0.3) is 16.7 Å². The summed E-state index contributed by atoms with van der Waals surface area (Å²) in [5, 5.41) is 19.6. The van der Waals surface area contributed by atoms with Gasteiger partial charge in [0.2, 0.25) is 5.91 Å². The Bertz CT molecular complexity index is 1510. The second-order valence-corrected chi connectivity index (χ2v) is 9.24. The van der Waals surface area contributed by atoms with Crippen LogP contribution in [0.3, 0.4) is 0 Å². The van der Waals surface area contributed by atoms with Crippen LogP contribution < -0.4 is 10.9 Å². The lowest BCUT2D eigenvalue weighted by Gasteiger charge is -2.14. The van der Waals surface area contributed by atoms with Crippen molar-refractivity contribution in [3.63, 3.8) is 0 Å². The highest BCUT2D eigenvalue weighted by Crippen LogP contribution is 2.34. The summed E-state index contributed by atoms with van der Waals surface area (Å²) < 4.78 is 3.11. The first-order valence-electron chi connectivity index (χ1n) is 10.3. The summed E-state index contributed by atoms with van der Waals surface area (Å²) in [5.41, 5.74) is 1.86. The molecule has 2 aromatic carbocycles. The highest BCUT2D eigenvalue weighted by atomic mass is 35.5. The van der Waals surface area contributed by atoms with Gasteiger partial charge in [0.05, 0.1) is 28.5 Å². The maximum absolute atomic E-state index is 13.3. The zero-order valence-electron chi connectivity index (χ0n) is 17.8. The van der Waals surface area contributed by atoms with E-state index < -0.39 is 11.0 Å². The molecule has 0 aliphatic carbocycles. The number of anilines is 1. The standard InChI is InChI=1S/C22H17ClN6O4S/c1-12-2-5-15(29(32)33)8-18(12)25-19(30)9-16-11-34-22-26-20-17(21(31)27(16)22)10-24-28(20)14-6-3-13(23)4-7-14/h2-8,10,16H,9,11H2,1H3,(H,25,30). The summed E-state index contributed by atoms with van der Waals surface area (Å²) >= 11 is 7.36. The van der Waals surface area contributed by atoms with Crippen LogP contribution in [-0.4, -0.2) is 35.9 Å². The number of non-ortho nitro benzene ring substituents is 1. The minimum atomic E-state index is -0.514. The van der Waals surface area contributed by atoms with E-state index in [0.717, 1.165) is 5.69 Å². The van der Waals surface area contributed by atoms with Crippen molar-refractivity contribution in [3.05, 3.63) is 79.7 Å². The number of fused-ring (bicyclic) bond motifs is 2. The lowest BCUT2D eigenvalue weighted by Crippen LogP contribution is -2.27. The summed E-state index contributed by atoms with van der Waals surface area (Å²) in [6, 6.07) is 10.9. The first kappa shape index (κ1) is 22.1. The number of carbonyl (C=O) groups is 1. The van der Waals surface area contributed by atoms with Crippen LogP contribution in [0.1, 0.15) is 18.0 Å². The molecule has 12 heteroatoms. The summed E-state index contributed by atoms with van der Waals surface area (Å²) in [5.74, 6) is 0.163. The molecule has 2 aromatic heterocycles. The van der Waals surface area contributed by atoms with Crippen LogP contribution in [0.4, 0.5) is 11.4 Å². The van der Waals surface area contributed by atoms with Crippen LogP contribution in [-0.2, 0) is 4.79 Å². The van der Waals surface area contributed by atoms with Crippen molar-refractivity contribution in [1.82, 2.24) is 19.3 Å². The largest absolute Gasteiger partial charge is 0.326 e. The van der Waals surface area contributed by atoms with Gasteiger partial charge in [-0.25, -0.2) is 9.67 Å². The molecule has 1 N–H and O–H groups in total. The van der Waals surface area contributed by atoms with Crippen molar-refractivity contribution in [2.45, 2.75) is 24.5 Å². The van der Waals surface area contributed by atoms with E-state index in [2.05, 4.69) is 15.4 Å². The number of hydrogen-bond acceptors (Lipinski definition) is 7. The predicted molar refractivity (Wildman–Crippen MR) is 129 cm³/mol. The molecule has 0 spiro atoms. The van der Waals surface area contributed by atoms with Gasteiger partial charge < -0.3 is 5.32 Å². The van der Waals surface area contributed by atoms with E-state index in [9.17, 15) is 19.7 Å². The van der Waals surface area contributed by atoms with Gasteiger partial charge in [-0.15, -0.1) is 0 Å². The van der Waals surface area contributed by atoms with E-state index in [1.807, 2.05) is 0 Å². The third-order valence-corrected chi connectivity index (χ3v) is 6.92. The quantitative estimate of drug-likeness (QED) is 0.250. The Kier molecular flexibility index (Phi) is 5.58. The van der Waals surface area contributed by atoms with Crippen LogP contribution in [0.5, 0.6) is 0 Å². The fraction of sp³-hybridized carbons (Fsp3) is 0.182. The Morgan fingerprint density at radius 1 is 1.29 bits per heavy atom. The van der Waals surface area contributed by atoms with Crippen LogP contribution in [0, 0.1) is 17.0 Å². The number of aryl methyl sites for hydroxylation is 1. The number of rotatable bonds is 5. The molecule has 10 nitrogen and oxygen atoms in total. The number of nitrogens with zero attached hydrogens (tertiary/aromatic N) is 5. The lowest BCUT2D eigenvalue weighted by molar-refractivity contribution is -0.384. The molecule has 0 radical (unpaired) electrons. The monoisotopic (exact) mass is 496 g/mol. The average Bonchev–Trinajstić information content (AvgIpc) is 3.41. The van der Waals surface area contributed by atoms with Crippen molar-refractivity contribution < 1.29 is 9.72 Å². The zero-order valence-corrected chi connectivity index (χ0v) is 19.3. The first-order valence-corrected chi connectivity index (χ1v) is 11.6. The summed E-state index contributed by atoms with van der Waals surface area (Å²) in [4.78, 5) is 41.2. The van der Waals surface area contributed by atoms with Gasteiger partial charge in [0.25, 0.3) is 11.2 Å². The van der Waals surface area contributed by atoms with Crippen molar-refractivity contribution in [3.8, 4) is 5.69 Å². The maximum atomic E-state index is 13.3. The Labute approximate surface area is 201 Å². The number of halogens is 1. The molecule has 34 heavy (non-hydrogen) atoms. The highest BCUT2D eigenvalue weighted by Gasteiger charge is 2.30. The number of amides is 1. The van der Waals surface area contributed by atoms with Gasteiger partial charge in [-0.1, -0.05) is 29.4 Å². The van der Waals surface area contributed by atoms with Gasteiger partial charge in [0.1, 0.15) is 5.39 Å². The molecule has 0 saturated carbocycles. The van der Waals surface area contributed by atoms with Gasteiger partial charge in [0, 0.05) is 29.3 Å². The fourth-order valence-electron chi connectivity index (χ4n) is 3.83. The summed E-state index contributed by atoms with van der Waals surface area (Å²) in [7, 11) is 0. The molecule has 5 rings (SSSR count). The summed E-state index contributed by atoms with van der Waals surface area (Å²) in [6.45, 7) is 1.75. The fourth-order valence-corrected chi connectivity index (χ4v) is 5.08. The maximum Gasteiger partial charge on any atom is 0.271 e. The topological polar surface area (TPSA) is 125 Å². The number of carbonyl (C=O) groups excluding carboxylic acids is 1.